The Morgan fingerprint density at radius 3 is 1.33 bits per heavy atom. The van der Waals surface area contributed by atoms with E-state index in [1.54, 1.807) is 24.3 Å². The Morgan fingerprint density at radius 1 is 0.528 bits per heavy atom. The van der Waals surface area contributed by atoms with Gasteiger partial charge in [0.05, 0.1) is 31.6 Å². The van der Waals surface area contributed by atoms with E-state index in [4.69, 9.17) is 23.2 Å². The third-order valence-corrected chi connectivity index (χ3v) is 7.73. The molecule has 4 aromatic carbocycles. The summed E-state index contributed by atoms with van der Waals surface area (Å²) >= 11 is 14.8. The highest BCUT2D eigenvalue weighted by Gasteiger charge is 2.12. The lowest BCUT2D eigenvalue weighted by atomic mass is 10.2. The van der Waals surface area contributed by atoms with Crippen LogP contribution in [0.25, 0.3) is 41.6 Å². The molecule has 36 heavy (non-hydrogen) atoms. The first-order chi connectivity index (χ1) is 17.3. The van der Waals surface area contributed by atoms with Gasteiger partial charge in [0.15, 0.2) is 0 Å². The van der Waals surface area contributed by atoms with Gasteiger partial charge in [0.2, 0.25) is 0 Å². The van der Waals surface area contributed by atoms with Crippen LogP contribution in [-0.4, -0.2) is 30.4 Å². The molecule has 0 spiro atoms. The van der Waals surface area contributed by atoms with E-state index in [1.165, 1.54) is 46.9 Å². The minimum atomic E-state index is 0.0140. The van der Waals surface area contributed by atoms with Crippen molar-refractivity contribution in [1.82, 2.24) is 9.97 Å². The molecule has 0 saturated carbocycles. The minimum absolute atomic E-state index is 0.0140. The molecule has 0 radical (unpaired) electrons. The highest BCUT2D eigenvalue weighted by atomic mass is 35.5. The molecular formula is C26H16Cl2N2O4S2. The minimum Gasteiger partial charge on any atom is -0.508 e. The highest BCUT2D eigenvalue weighted by molar-refractivity contribution is 7.22. The van der Waals surface area contributed by atoms with Crippen LogP contribution in [0.15, 0.2) is 72.8 Å². The molecule has 4 N–H and O–H groups in total. The summed E-state index contributed by atoms with van der Waals surface area (Å²) in [5, 5.41) is 40.8. The zero-order chi connectivity index (χ0) is 25.4. The molecule has 0 amide bonds. The molecule has 6 rings (SSSR count). The molecule has 0 aliphatic rings. The summed E-state index contributed by atoms with van der Waals surface area (Å²) in [4.78, 5) is 8.85. The lowest BCUT2D eigenvalue weighted by Gasteiger charge is -2.00. The van der Waals surface area contributed by atoms with Crippen LogP contribution in [0.1, 0.15) is 0 Å². The molecule has 0 aliphatic carbocycles. The van der Waals surface area contributed by atoms with Gasteiger partial charge in [-0.3, -0.25) is 0 Å². The number of nitrogens with zero attached hydrogens (tertiary/aromatic N) is 2. The number of hydrogen-bond donors (Lipinski definition) is 4. The van der Waals surface area contributed by atoms with Crippen molar-refractivity contribution in [2.45, 2.75) is 0 Å². The molecule has 180 valence electrons. The Morgan fingerprint density at radius 2 is 0.944 bits per heavy atom. The van der Waals surface area contributed by atoms with Crippen LogP contribution >= 0.6 is 45.9 Å². The van der Waals surface area contributed by atoms with Crippen molar-refractivity contribution < 1.29 is 20.4 Å². The molecule has 0 bridgehead atoms. The molecule has 0 atom stereocenters. The molecule has 0 fully saturated rings. The van der Waals surface area contributed by atoms with Gasteiger partial charge in [0.25, 0.3) is 0 Å². The Hall–Kier alpha value is -3.56. The van der Waals surface area contributed by atoms with Crippen molar-refractivity contribution >= 4 is 66.3 Å². The maximum absolute atomic E-state index is 9.81. The summed E-state index contributed by atoms with van der Waals surface area (Å²) in [7, 11) is 0. The summed E-state index contributed by atoms with van der Waals surface area (Å²) in [6.45, 7) is 0. The Balaban J connectivity index is 0.000000148. The van der Waals surface area contributed by atoms with Crippen molar-refractivity contribution in [2.75, 3.05) is 0 Å². The number of phenolic OH excluding ortho intramolecular Hbond substituents is 4. The molecule has 2 heterocycles. The fraction of sp³-hybridized carbons (Fsp3) is 0. The Labute approximate surface area is 222 Å². The lowest BCUT2D eigenvalue weighted by Crippen LogP contribution is -1.77. The van der Waals surface area contributed by atoms with Crippen molar-refractivity contribution in [3.63, 3.8) is 0 Å². The molecule has 6 nitrogen and oxygen atoms in total. The number of benzene rings is 4. The standard InChI is InChI=1S/2C13H8ClNO2S/c2*14-7-1-4-12-10(5-7)15-13(18-12)9-3-2-8(16)6-11(9)17/h2*1-6,16-17H. The van der Waals surface area contributed by atoms with Crippen molar-refractivity contribution in [3.05, 3.63) is 82.8 Å². The predicted octanol–water partition coefficient (Wildman–Crippen LogP) is 8.06. The van der Waals surface area contributed by atoms with Gasteiger partial charge in [-0.25, -0.2) is 9.97 Å². The maximum Gasteiger partial charge on any atom is 0.129 e. The van der Waals surface area contributed by atoms with Crippen LogP contribution in [0.4, 0.5) is 0 Å². The van der Waals surface area contributed by atoms with Crippen molar-refractivity contribution in [2.24, 2.45) is 0 Å². The third-order valence-electron chi connectivity index (χ3n) is 5.12. The van der Waals surface area contributed by atoms with Crippen LogP contribution in [0.5, 0.6) is 23.0 Å². The number of aromatic nitrogens is 2. The average Bonchev–Trinajstić information content (AvgIpc) is 3.42. The molecule has 0 saturated heterocycles. The van der Waals surface area contributed by atoms with Crippen LogP contribution in [0.3, 0.4) is 0 Å². The predicted molar refractivity (Wildman–Crippen MR) is 147 cm³/mol. The van der Waals surface area contributed by atoms with E-state index >= 15 is 0 Å². The number of aromatic hydroxyl groups is 4. The first kappa shape index (κ1) is 24.1. The van der Waals surface area contributed by atoms with Gasteiger partial charge in [-0.1, -0.05) is 23.2 Å². The maximum atomic E-state index is 9.81. The summed E-state index contributed by atoms with van der Waals surface area (Å²) in [6.07, 6.45) is 0. The number of phenols is 4. The van der Waals surface area contributed by atoms with Crippen LogP contribution in [0.2, 0.25) is 10.0 Å². The second-order valence-corrected chi connectivity index (χ2v) is 10.6. The van der Waals surface area contributed by atoms with Crippen molar-refractivity contribution in [3.8, 4) is 44.1 Å². The number of fused-ring (bicyclic) bond motifs is 2. The van der Waals surface area contributed by atoms with Gasteiger partial charge in [0, 0.05) is 22.2 Å². The van der Waals surface area contributed by atoms with Crippen LogP contribution in [0, 0.1) is 0 Å². The van der Waals surface area contributed by atoms with E-state index in [0.29, 0.717) is 31.2 Å². The van der Waals surface area contributed by atoms with Gasteiger partial charge in [-0.2, -0.15) is 0 Å². The monoisotopic (exact) mass is 554 g/mol. The molecule has 0 aliphatic heterocycles. The van der Waals surface area contributed by atoms with Gasteiger partial charge < -0.3 is 20.4 Å². The summed E-state index contributed by atoms with van der Waals surface area (Å²) in [5.41, 5.74) is 2.81. The van der Waals surface area contributed by atoms with Gasteiger partial charge in [-0.05, 0) is 60.7 Å². The Bertz CT molecular complexity index is 1610. The summed E-state index contributed by atoms with van der Waals surface area (Å²) in [5.74, 6) is 0.0844. The van der Waals surface area contributed by atoms with E-state index in [2.05, 4.69) is 9.97 Å². The largest absolute Gasteiger partial charge is 0.508 e. The lowest BCUT2D eigenvalue weighted by molar-refractivity contribution is 0.451. The van der Waals surface area contributed by atoms with Crippen molar-refractivity contribution in [1.29, 1.82) is 0 Å². The van der Waals surface area contributed by atoms with E-state index in [-0.39, 0.29) is 23.0 Å². The fourth-order valence-corrected chi connectivity index (χ4v) is 5.73. The molecule has 0 unspecified atom stereocenters. The molecular weight excluding hydrogens is 539 g/mol. The van der Waals surface area contributed by atoms with E-state index in [0.717, 1.165) is 20.4 Å². The van der Waals surface area contributed by atoms with Gasteiger partial charge in [-0.15, -0.1) is 22.7 Å². The molecule has 10 heteroatoms. The summed E-state index contributed by atoms with van der Waals surface area (Å²) in [6, 6.07) is 19.9. The fourth-order valence-electron chi connectivity index (χ4n) is 3.43. The smallest absolute Gasteiger partial charge is 0.129 e. The molecule has 2 aromatic heterocycles. The first-order valence-corrected chi connectivity index (χ1v) is 12.8. The Kier molecular flexibility index (Phi) is 6.59. The zero-order valence-electron chi connectivity index (χ0n) is 18.2. The third kappa shape index (κ3) is 5.03. The highest BCUT2D eigenvalue weighted by Crippen LogP contribution is 2.38. The number of halogens is 2. The first-order valence-electron chi connectivity index (χ1n) is 10.4. The second kappa shape index (κ2) is 9.83. The quantitative estimate of drug-likeness (QED) is 0.172. The van der Waals surface area contributed by atoms with E-state index in [9.17, 15) is 20.4 Å². The average molecular weight is 555 g/mol. The van der Waals surface area contributed by atoms with E-state index < -0.39 is 0 Å². The number of rotatable bonds is 2. The molecule has 6 aromatic rings. The number of hydrogen-bond acceptors (Lipinski definition) is 8. The SMILES string of the molecule is Oc1ccc(-c2nc3cc(Cl)ccc3s2)c(O)c1.Oc1ccc(-c2nc3cc(Cl)ccc3s2)c(O)c1. The van der Waals surface area contributed by atoms with E-state index in [1.807, 2.05) is 24.3 Å². The number of thiazole rings is 2. The zero-order valence-corrected chi connectivity index (χ0v) is 21.3. The summed E-state index contributed by atoms with van der Waals surface area (Å²) < 4.78 is 2.00. The van der Waals surface area contributed by atoms with Gasteiger partial charge >= 0.3 is 0 Å². The van der Waals surface area contributed by atoms with Gasteiger partial charge in [0.1, 0.15) is 33.0 Å². The van der Waals surface area contributed by atoms with Crippen LogP contribution < -0.4 is 0 Å². The second-order valence-electron chi connectivity index (χ2n) is 7.67. The topological polar surface area (TPSA) is 107 Å². The van der Waals surface area contributed by atoms with Crippen LogP contribution in [-0.2, 0) is 0 Å². The normalized spacial score (nSPS) is 10.9.